The lowest BCUT2D eigenvalue weighted by molar-refractivity contribution is 0.545. The van der Waals surface area contributed by atoms with Crippen LogP contribution in [0.15, 0.2) is 0 Å². The zero-order chi connectivity index (χ0) is 17.1. The Kier molecular flexibility index (Phi) is 9.94. The van der Waals surface area contributed by atoms with Crippen molar-refractivity contribution in [3.63, 3.8) is 0 Å². The third-order valence-corrected chi connectivity index (χ3v) is 7.41. The molecule has 0 radical (unpaired) electrons. The molecule has 2 N–H and O–H groups in total. The number of rotatable bonds is 12. The molecular formula is C12H22N4O4S2. The van der Waals surface area contributed by atoms with Crippen LogP contribution in [0, 0.1) is 22.7 Å². The van der Waals surface area contributed by atoms with E-state index in [9.17, 15) is 16.8 Å². The molecule has 0 aliphatic heterocycles. The molecule has 0 aromatic rings. The Labute approximate surface area is 132 Å². The molecule has 0 heterocycles. The molecule has 0 saturated heterocycles. The van der Waals surface area contributed by atoms with Crippen molar-refractivity contribution in [3.05, 3.63) is 0 Å². The summed E-state index contributed by atoms with van der Waals surface area (Å²) in [6, 6.07) is 3.20. The smallest absolute Gasteiger partial charge is 0.211 e. The maximum atomic E-state index is 12.1. The van der Waals surface area contributed by atoms with Crippen LogP contribution in [-0.4, -0.2) is 34.5 Å². The van der Waals surface area contributed by atoms with Gasteiger partial charge in [0.25, 0.3) is 0 Å². The van der Waals surface area contributed by atoms with Gasteiger partial charge in [0.2, 0.25) is 20.0 Å². The Balaban J connectivity index is 5.00. The summed E-state index contributed by atoms with van der Waals surface area (Å²) in [5.41, 5.74) is 0. The summed E-state index contributed by atoms with van der Waals surface area (Å²) in [5.74, 6) is 0. The number of nitrogens with one attached hydrogen (secondary N) is 2. The SMILES string of the molecule is CCCCCCCC(S(=O)(=O)NCC#N)S(=O)(=O)NCC#N. The van der Waals surface area contributed by atoms with Crippen molar-refractivity contribution < 1.29 is 16.8 Å². The van der Waals surface area contributed by atoms with Gasteiger partial charge < -0.3 is 0 Å². The first-order chi connectivity index (χ1) is 10.3. The Morgan fingerprint density at radius 3 is 1.73 bits per heavy atom. The third-order valence-electron chi connectivity index (χ3n) is 2.94. The van der Waals surface area contributed by atoms with E-state index in [1.165, 1.54) is 0 Å². The molecule has 0 atom stereocenters. The minimum absolute atomic E-state index is 0.0781. The van der Waals surface area contributed by atoms with E-state index in [-0.39, 0.29) is 6.42 Å². The largest absolute Gasteiger partial charge is 0.231 e. The topological polar surface area (TPSA) is 140 Å². The summed E-state index contributed by atoms with van der Waals surface area (Å²) in [6.45, 7) is 1.04. The first-order valence-corrected chi connectivity index (χ1v) is 10.1. The number of nitrogens with zero attached hydrogens (tertiary/aromatic N) is 2. The van der Waals surface area contributed by atoms with Gasteiger partial charge in [0.05, 0.1) is 25.2 Å². The minimum atomic E-state index is -4.20. The predicted octanol–water partition coefficient (Wildman–Crippen LogP) is 0.559. The van der Waals surface area contributed by atoms with Gasteiger partial charge in [0.1, 0.15) is 0 Å². The summed E-state index contributed by atoms with van der Waals surface area (Å²) in [5, 5.41) is 16.9. The second-order valence-corrected chi connectivity index (χ2v) is 8.87. The van der Waals surface area contributed by atoms with Crippen LogP contribution in [0.2, 0.25) is 0 Å². The first kappa shape index (κ1) is 20.8. The fourth-order valence-electron chi connectivity index (χ4n) is 1.84. The molecule has 0 spiro atoms. The fourth-order valence-corrected chi connectivity index (χ4v) is 5.44. The van der Waals surface area contributed by atoms with Crippen molar-refractivity contribution in [3.8, 4) is 12.1 Å². The van der Waals surface area contributed by atoms with E-state index in [2.05, 4.69) is 0 Å². The second kappa shape index (κ2) is 10.5. The summed E-state index contributed by atoms with van der Waals surface area (Å²) in [6.07, 6.45) is 4.01. The van der Waals surface area contributed by atoms with Gasteiger partial charge in [0.15, 0.2) is 4.58 Å². The molecule has 0 rings (SSSR count). The van der Waals surface area contributed by atoms with Gasteiger partial charge in [-0.15, -0.1) is 0 Å². The third kappa shape index (κ3) is 7.71. The second-order valence-electron chi connectivity index (χ2n) is 4.68. The summed E-state index contributed by atoms with van der Waals surface area (Å²) < 4.78 is 50.4. The van der Waals surface area contributed by atoms with Gasteiger partial charge in [-0.1, -0.05) is 39.0 Å². The minimum Gasteiger partial charge on any atom is -0.211 e. The number of hydrogen-bond donors (Lipinski definition) is 2. The standard InChI is InChI=1S/C12H22N4O4S2/c1-2-3-4-5-6-7-12(21(17,18)15-10-8-13)22(19,20)16-11-9-14/h12,15-16H,2-7,10-11H2,1H3. The molecule has 10 heteroatoms. The van der Waals surface area contributed by atoms with E-state index in [1.54, 1.807) is 12.1 Å². The van der Waals surface area contributed by atoms with Crippen molar-refractivity contribution in [2.45, 2.75) is 50.0 Å². The van der Waals surface area contributed by atoms with Crippen molar-refractivity contribution >= 4 is 20.0 Å². The molecule has 0 saturated carbocycles. The number of hydrogen-bond acceptors (Lipinski definition) is 6. The van der Waals surface area contributed by atoms with Crippen LogP contribution < -0.4 is 9.44 Å². The van der Waals surface area contributed by atoms with Crippen LogP contribution in [0.4, 0.5) is 0 Å². The van der Waals surface area contributed by atoms with Crippen LogP contribution in [-0.2, 0) is 20.0 Å². The summed E-state index contributed by atoms with van der Waals surface area (Å²) in [7, 11) is -8.40. The summed E-state index contributed by atoms with van der Waals surface area (Å²) in [4.78, 5) is 0. The molecule has 22 heavy (non-hydrogen) atoms. The van der Waals surface area contributed by atoms with E-state index in [0.717, 1.165) is 25.7 Å². The molecule has 126 valence electrons. The average molecular weight is 350 g/mol. The van der Waals surface area contributed by atoms with Crippen LogP contribution >= 0.6 is 0 Å². The monoisotopic (exact) mass is 350 g/mol. The maximum Gasteiger partial charge on any atom is 0.231 e. The van der Waals surface area contributed by atoms with Crippen LogP contribution in [0.5, 0.6) is 0 Å². The zero-order valence-electron chi connectivity index (χ0n) is 12.6. The molecule has 0 aromatic heterocycles. The van der Waals surface area contributed by atoms with E-state index >= 15 is 0 Å². The highest BCUT2D eigenvalue weighted by Gasteiger charge is 2.36. The van der Waals surface area contributed by atoms with Gasteiger partial charge in [-0.3, -0.25) is 0 Å². The van der Waals surface area contributed by atoms with E-state index in [1.807, 2.05) is 16.4 Å². The van der Waals surface area contributed by atoms with Crippen LogP contribution in [0.1, 0.15) is 45.4 Å². The van der Waals surface area contributed by atoms with Crippen molar-refractivity contribution in [2.75, 3.05) is 13.1 Å². The molecule has 0 bridgehead atoms. The normalized spacial score (nSPS) is 12.0. The van der Waals surface area contributed by atoms with Gasteiger partial charge >= 0.3 is 0 Å². The Morgan fingerprint density at radius 1 is 0.864 bits per heavy atom. The summed E-state index contributed by atoms with van der Waals surface area (Å²) >= 11 is 0. The average Bonchev–Trinajstić information content (AvgIpc) is 2.46. The number of unbranched alkanes of at least 4 members (excludes halogenated alkanes) is 4. The Morgan fingerprint density at radius 2 is 1.32 bits per heavy atom. The Hall–Kier alpha value is -1.20. The highest BCUT2D eigenvalue weighted by Crippen LogP contribution is 2.17. The lowest BCUT2D eigenvalue weighted by Crippen LogP contribution is -2.45. The molecule has 0 aromatic carbocycles. The van der Waals surface area contributed by atoms with Gasteiger partial charge in [-0.2, -0.15) is 20.0 Å². The number of nitriles is 2. The van der Waals surface area contributed by atoms with Crippen LogP contribution in [0.25, 0.3) is 0 Å². The molecule has 0 aliphatic rings. The molecular weight excluding hydrogens is 328 g/mol. The fraction of sp³-hybridized carbons (Fsp3) is 0.833. The van der Waals surface area contributed by atoms with Crippen molar-refractivity contribution in [2.24, 2.45) is 0 Å². The molecule has 0 fully saturated rings. The predicted molar refractivity (Wildman–Crippen MR) is 82.2 cm³/mol. The van der Waals surface area contributed by atoms with Gasteiger partial charge in [-0.25, -0.2) is 16.8 Å². The number of sulfonamides is 2. The molecule has 0 unspecified atom stereocenters. The first-order valence-electron chi connectivity index (χ1n) is 7.02. The zero-order valence-corrected chi connectivity index (χ0v) is 14.2. The van der Waals surface area contributed by atoms with Crippen LogP contribution in [0.3, 0.4) is 0 Å². The Bertz CT molecular complexity index is 554. The molecule has 8 nitrogen and oxygen atoms in total. The quantitative estimate of drug-likeness (QED) is 0.389. The van der Waals surface area contributed by atoms with Gasteiger partial charge in [0, 0.05) is 0 Å². The lowest BCUT2D eigenvalue weighted by atomic mass is 10.1. The van der Waals surface area contributed by atoms with E-state index in [4.69, 9.17) is 10.5 Å². The van der Waals surface area contributed by atoms with E-state index < -0.39 is 37.7 Å². The molecule has 0 aliphatic carbocycles. The van der Waals surface area contributed by atoms with E-state index in [0.29, 0.717) is 6.42 Å². The highest BCUT2D eigenvalue weighted by atomic mass is 32.3. The lowest BCUT2D eigenvalue weighted by Gasteiger charge is -2.17. The van der Waals surface area contributed by atoms with Crippen molar-refractivity contribution in [1.29, 1.82) is 10.5 Å². The molecule has 0 amide bonds. The van der Waals surface area contributed by atoms with Crippen molar-refractivity contribution in [1.82, 2.24) is 9.44 Å². The maximum absolute atomic E-state index is 12.1. The highest BCUT2D eigenvalue weighted by molar-refractivity contribution is 8.07. The van der Waals surface area contributed by atoms with Gasteiger partial charge in [-0.05, 0) is 6.42 Å².